The minimum atomic E-state index is -0.530. The van der Waals surface area contributed by atoms with E-state index in [-0.39, 0.29) is 24.3 Å². The molecule has 2 aromatic carbocycles. The van der Waals surface area contributed by atoms with E-state index in [2.05, 4.69) is 5.32 Å². The smallest absolute Gasteiger partial charge is 0.243 e. The van der Waals surface area contributed by atoms with Crippen LogP contribution in [0.4, 0.5) is 0 Å². The molecule has 0 spiro atoms. The van der Waals surface area contributed by atoms with Crippen LogP contribution in [0, 0.1) is 0 Å². The molecule has 5 nitrogen and oxygen atoms in total. The molecular formula is C25H31ClN2O3. The zero-order chi connectivity index (χ0) is 22.2. The third kappa shape index (κ3) is 6.23. The number of nitrogens with one attached hydrogen (secondary N) is 1. The van der Waals surface area contributed by atoms with Gasteiger partial charge in [-0.15, -0.1) is 0 Å². The van der Waals surface area contributed by atoms with E-state index in [4.69, 9.17) is 16.3 Å². The highest BCUT2D eigenvalue weighted by molar-refractivity contribution is 6.31. The lowest BCUT2D eigenvalue weighted by molar-refractivity contribution is -0.141. The average Bonchev–Trinajstić information content (AvgIpc) is 3.28. The third-order valence-electron chi connectivity index (χ3n) is 5.90. The lowest BCUT2D eigenvalue weighted by Gasteiger charge is -2.31. The van der Waals surface area contributed by atoms with Crippen LogP contribution < -0.4 is 10.1 Å². The standard InChI is InChI=1S/C25H31ClN2O3/c1-3-23(25(30)27-20-9-5-6-10-20)28(17-18-12-14-21(31-2)15-13-18)24(29)16-19-8-4-7-11-22(19)26/h4,7-8,11-15,20,23H,3,5-6,9-10,16-17H2,1-2H3,(H,27,30). The van der Waals surface area contributed by atoms with Crippen molar-refractivity contribution in [2.24, 2.45) is 0 Å². The summed E-state index contributed by atoms with van der Waals surface area (Å²) in [5.74, 6) is 0.566. The first-order chi connectivity index (χ1) is 15.0. The predicted octanol–water partition coefficient (Wildman–Crippen LogP) is 4.76. The van der Waals surface area contributed by atoms with Crippen molar-refractivity contribution in [2.45, 2.75) is 64.1 Å². The summed E-state index contributed by atoms with van der Waals surface area (Å²) in [5, 5.41) is 3.72. The van der Waals surface area contributed by atoms with E-state index in [1.54, 1.807) is 18.1 Å². The van der Waals surface area contributed by atoms with Crippen molar-refractivity contribution >= 4 is 23.4 Å². The quantitative estimate of drug-likeness (QED) is 0.609. The number of carbonyl (C=O) groups excluding carboxylic acids is 2. The van der Waals surface area contributed by atoms with Crippen LogP contribution in [0.25, 0.3) is 0 Å². The van der Waals surface area contributed by atoms with Crippen LogP contribution in [-0.4, -0.2) is 35.9 Å². The molecule has 1 atom stereocenters. The first-order valence-electron chi connectivity index (χ1n) is 11.0. The molecule has 0 saturated heterocycles. The molecule has 3 rings (SSSR count). The van der Waals surface area contributed by atoms with Crippen molar-refractivity contribution in [2.75, 3.05) is 7.11 Å². The summed E-state index contributed by atoms with van der Waals surface area (Å²) in [6.45, 7) is 2.30. The Bertz CT molecular complexity index is 879. The molecule has 1 aliphatic rings. The molecule has 166 valence electrons. The van der Waals surface area contributed by atoms with Crippen LogP contribution in [0.2, 0.25) is 5.02 Å². The van der Waals surface area contributed by atoms with Crippen molar-refractivity contribution in [3.8, 4) is 5.75 Å². The number of ether oxygens (including phenoxy) is 1. The Morgan fingerprint density at radius 1 is 1.13 bits per heavy atom. The summed E-state index contributed by atoms with van der Waals surface area (Å²) >= 11 is 6.29. The summed E-state index contributed by atoms with van der Waals surface area (Å²) < 4.78 is 5.24. The summed E-state index contributed by atoms with van der Waals surface area (Å²) in [6.07, 6.45) is 5.00. The van der Waals surface area contributed by atoms with E-state index in [0.717, 1.165) is 42.6 Å². The number of hydrogen-bond acceptors (Lipinski definition) is 3. The van der Waals surface area contributed by atoms with Gasteiger partial charge in [0.1, 0.15) is 11.8 Å². The third-order valence-corrected chi connectivity index (χ3v) is 6.27. The maximum atomic E-state index is 13.4. The van der Waals surface area contributed by atoms with E-state index in [9.17, 15) is 9.59 Å². The Kier molecular flexibility index (Phi) is 8.35. The lowest BCUT2D eigenvalue weighted by atomic mass is 10.1. The fourth-order valence-corrected chi connectivity index (χ4v) is 4.32. The minimum Gasteiger partial charge on any atom is -0.497 e. The molecule has 0 bridgehead atoms. The fourth-order valence-electron chi connectivity index (χ4n) is 4.12. The van der Waals surface area contributed by atoms with Gasteiger partial charge in [0, 0.05) is 17.6 Å². The first kappa shape index (κ1) is 23.1. The Labute approximate surface area is 189 Å². The molecule has 1 aliphatic carbocycles. The number of halogens is 1. The number of methoxy groups -OCH3 is 1. The number of hydrogen-bond donors (Lipinski definition) is 1. The van der Waals surface area contributed by atoms with E-state index in [0.29, 0.717) is 18.0 Å². The summed E-state index contributed by atoms with van der Waals surface area (Å²) in [6, 6.07) is 14.6. The zero-order valence-corrected chi connectivity index (χ0v) is 19.0. The SMILES string of the molecule is CCC(C(=O)NC1CCCC1)N(Cc1ccc(OC)cc1)C(=O)Cc1ccccc1Cl. The van der Waals surface area contributed by atoms with Crippen LogP contribution in [-0.2, 0) is 22.6 Å². The zero-order valence-electron chi connectivity index (χ0n) is 18.3. The van der Waals surface area contributed by atoms with Gasteiger partial charge in [0.05, 0.1) is 13.5 Å². The molecule has 1 N–H and O–H groups in total. The number of nitrogens with zero attached hydrogens (tertiary/aromatic N) is 1. The van der Waals surface area contributed by atoms with Crippen LogP contribution >= 0.6 is 11.6 Å². The van der Waals surface area contributed by atoms with E-state index in [1.807, 2.05) is 49.4 Å². The van der Waals surface area contributed by atoms with Crippen molar-refractivity contribution < 1.29 is 14.3 Å². The van der Waals surface area contributed by atoms with Gasteiger partial charge < -0.3 is 15.0 Å². The normalized spacial score (nSPS) is 14.8. The van der Waals surface area contributed by atoms with Crippen molar-refractivity contribution in [1.29, 1.82) is 0 Å². The molecule has 0 heterocycles. The van der Waals surface area contributed by atoms with Gasteiger partial charge in [0.2, 0.25) is 11.8 Å². The number of amides is 2. The van der Waals surface area contributed by atoms with Gasteiger partial charge in [-0.25, -0.2) is 0 Å². The minimum absolute atomic E-state index is 0.0737. The largest absolute Gasteiger partial charge is 0.497 e. The number of rotatable bonds is 9. The Hall–Kier alpha value is -2.53. The second-order valence-corrected chi connectivity index (χ2v) is 8.46. The van der Waals surface area contributed by atoms with Crippen molar-refractivity contribution in [1.82, 2.24) is 10.2 Å². The highest BCUT2D eigenvalue weighted by Gasteiger charge is 2.30. The van der Waals surface area contributed by atoms with Crippen LogP contribution in [0.3, 0.4) is 0 Å². The lowest BCUT2D eigenvalue weighted by Crippen LogP contribution is -2.51. The number of benzene rings is 2. The van der Waals surface area contributed by atoms with Gasteiger partial charge >= 0.3 is 0 Å². The number of carbonyl (C=O) groups is 2. The predicted molar refractivity (Wildman–Crippen MR) is 123 cm³/mol. The average molecular weight is 443 g/mol. The summed E-state index contributed by atoms with van der Waals surface area (Å²) in [4.78, 5) is 28.2. The molecule has 0 aromatic heterocycles. The van der Waals surface area contributed by atoms with Gasteiger partial charge in [-0.2, -0.15) is 0 Å². The Balaban J connectivity index is 1.82. The Morgan fingerprint density at radius 3 is 2.42 bits per heavy atom. The monoisotopic (exact) mass is 442 g/mol. The maximum Gasteiger partial charge on any atom is 0.243 e. The fraction of sp³-hybridized carbons (Fsp3) is 0.440. The van der Waals surface area contributed by atoms with Gasteiger partial charge in [0.15, 0.2) is 0 Å². The molecule has 1 saturated carbocycles. The molecular weight excluding hydrogens is 412 g/mol. The second kappa shape index (κ2) is 11.2. The maximum absolute atomic E-state index is 13.4. The highest BCUT2D eigenvalue weighted by Crippen LogP contribution is 2.22. The molecule has 1 unspecified atom stereocenters. The van der Waals surface area contributed by atoms with Crippen molar-refractivity contribution in [3.05, 3.63) is 64.7 Å². The van der Waals surface area contributed by atoms with Crippen LogP contribution in [0.5, 0.6) is 5.75 Å². The Morgan fingerprint density at radius 2 is 1.81 bits per heavy atom. The van der Waals surface area contributed by atoms with Gasteiger partial charge in [-0.05, 0) is 48.6 Å². The summed E-state index contributed by atoms with van der Waals surface area (Å²) in [5.41, 5.74) is 1.71. The van der Waals surface area contributed by atoms with E-state index < -0.39 is 6.04 Å². The molecule has 1 fully saturated rings. The second-order valence-electron chi connectivity index (χ2n) is 8.05. The molecule has 2 amide bonds. The van der Waals surface area contributed by atoms with Crippen LogP contribution in [0.1, 0.15) is 50.2 Å². The molecule has 31 heavy (non-hydrogen) atoms. The molecule has 0 radical (unpaired) electrons. The first-order valence-corrected chi connectivity index (χ1v) is 11.4. The van der Waals surface area contributed by atoms with Gasteiger partial charge in [0.25, 0.3) is 0 Å². The highest BCUT2D eigenvalue weighted by atomic mass is 35.5. The molecule has 0 aliphatic heterocycles. The van der Waals surface area contributed by atoms with Crippen LogP contribution in [0.15, 0.2) is 48.5 Å². The van der Waals surface area contributed by atoms with Gasteiger partial charge in [-0.3, -0.25) is 9.59 Å². The summed E-state index contributed by atoms with van der Waals surface area (Å²) in [7, 11) is 1.62. The molecule has 2 aromatic rings. The molecule has 6 heteroatoms. The topological polar surface area (TPSA) is 58.6 Å². The van der Waals surface area contributed by atoms with E-state index >= 15 is 0 Å². The van der Waals surface area contributed by atoms with Crippen molar-refractivity contribution in [3.63, 3.8) is 0 Å². The van der Waals surface area contributed by atoms with E-state index in [1.165, 1.54) is 0 Å². The van der Waals surface area contributed by atoms with Gasteiger partial charge in [-0.1, -0.05) is 61.7 Å².